The lowest BCUT2D eigenvalue weighted by Gasteiger charge is -2.24. The molecule has 0 saturated carbocycles. The third-order valence-corrected chi connectivity index (χ3v) is 5.92. The number of hydrogen-bond donors (Lipinski definition) is 2. The Morgan fingerprint density at radius 2 is 2.25 bits per heavy atom. The van der Waals surface area contributed by atoms with Crippen molar-refractivity contribution < 1.29 is 9.47 Å². The molecular formula is C19H20N6O2S. The Labute approximate surface area is 165 Å². The number of aromatic nitrogens is 5. The second-order valence-electron chi connectivity index (χ2n) is 6.72. The van der Waals surface area contributed by atoms with Gasteiger partial charge in [0.15, 0.2) is 6.23 Å². The summed E-state index contributed by atoms with van der Waals surface area (Å²) in [6.07, 6.45) is 6.74. The maximum atomic E-state index is 6.00. The van der Waals surface area contributed by atoms with E-state index < -0.39 is 0 Å². The Balaban J connectivity index is 1.50. The molecule has 0 radical (unpaired) electrons. The highest BCUT2D eigenvalue weighted by Gasteiger charge is 2.21. The molecule has 9 heteroatoms. The molecule has 28 heavy (non-hydrogen) atoms. The number of aromatic amines is 1. The lowest BCUT2D eigenvalue weighted by Crippen LogP contribution is -2.19. The number of nitrogen functional groups attached to an aromatic ring is 1. The minimum atomic E-state index is -0.0157. The van der Waals surface area contributed by atoms with Crippen molar-refractivity contribution in [3.05, 3.63) is 42.4 Å². The molecule has 0 aliphatic carbocycles. The maximum absolute atomic E-state index is 6.00. The highest BCUT2D eigenvalue weighted by Crippen LogP contribution is 2.40. The summed E-state index contributed by atoms with van der Waals surface area (Å²) in [5.41, 5.74) is 8.74. The minimum Gasteiger partial charge on any atom is -0.486 e. The molecule has 1 aliphatic heterocycles. The van der Waals surface area contributed by atoms with E-state index in [1.54, 1.807) is 23.6 Å². The molecule has 4 aromatic rings. The highest BCUT2D eigenvalue weighted by molar-refractivity contribution is 7.22. The first-order chi connectivity index (χ1) is 13.8. The Bertz CT molecular complexity index is 1080. The summed E-state index contributed by atoms with van der Waals surface area (Å²) >= 11 is 1.62. The van der Waals surface area contributed by atoms with Crippen molar-refractivity contribution in [2.45, 2.75) is 32.1 Å². The van der Waals surface area contributed by atoms with Crippen LogP contribution in [0.1, 0.15) is 31.2 Å². The standard InChI is InChI=1S/C19H20N6O2S/c20-17-10-15(27-11-12-4-6-21-24-12)19-13(23-17)9-16(28-19)14-5-7-22-25(14)18-3-1-2-8-26-18/h4-7,9-10,18H,1-3,8,11H2,(H2,20,23)(H,21,24). The van der Waals surface area contributed by atoms with E-state index >= 15 is 0 Å². The van der Waals surface area contributed by atoms with Gasteiger partial charge < -0.3 is 15.2 Å². The predicted octanol–water partition coefficient (Wildman–Crippen LogP) is 3.74. The van der Waals surface area contributed by atoms with E-state index in [-0.39, 0.29) is 6.23 Å². The summed E-state index contributed by atoms with van der Waals surface area (Å²) < 4.78 is 14.8. The predicted molar refractivity (Wildman–Crippen MR) is 107 cm³/mol. The lowest BCUT2D eigenvalue weighted by atomic mass is 10.2. The van der Waals surface area contributed by atoms with Crippen LogP contribution in [0.5, 0.6) is 5.75 Å². The normalized spacial score (nSPS) is 17.2. The molecule has 0 spiro atoms. The first-order valence-electron chi connectivity index (χ1n) is 9.24. The molecule has 5 rings (SSSR count). The SMILES string of the molecule is Nc1cc(OCc2ccn[nH]2)c2sc(-c3ccnn3C3CCCCO3)cc2n1. The molecule has 5 heterocycles. The van der Waals surface area contributed by atoms with Crippen molar-refractivity contribution in [2.75, 3.05) is 12.3 Å². The zero-order chi connectivity index (χ0) is 18.9. The summed E-state index contributed by atoms with van der Waals surface area (Å²) in [7, 11) is 0. The fourth-order valence-corrected chi connectivity index (χ4v) is 4.51. The molecule has 1 unspecified atom stereocenters. The van der Waals surface area contributed by atoms with E-state index in [1.807, 2.05) is 29.1 Å². The van der Waals surface area contributed by atoms with E-state index in [9.17, 15) is 0 Å². The van der Waals surface area contributed by atoms with Crippen molar-refractivity contribution in [1.29, 1.82) is 0 Å². The molecule has 1 fully saturated rings. The number of nitrogens with two attached hydrogens (primary N) is 1. The number of nitrogens with zero attached hydrogens (tertiary/aromatic N) is 4. The van der Waals surface area contributed by atoms with Crippen molar-refractivity contribution >= 4 is 27.4 Å². The maximum Gasteiger partial charge on any atom is 0.150 e. The van der Waals surface area contributed by atoms with Gasteiger partial charge in [0.25, 0.3) is 0 Å². The first-order valence-corrected chi connectivity index (χ1v) is 10.1. The molecule has 4 aromatic heterocycles. The number of ether oxygens (including phenoxy) is 2. The Morgan fingerprint density at radius 1 is 1.29 bits per heavy atom. The first kappa shape index (κ1) is 17.2. The van der Waals surface area contributed by atoms with Gasteiger partial charge in [0.05, 0.1) is 26.5 Å². The van der Waals surface area contributed by atoms with E-state index in [4.69, 9.17) is 15.2 Å². The minimum absolute atomic E-state index is 0.0157. The molecule has 144 valence electrons. The summed E-state index contributed by atoms with van der Waals surface area (Å²) in [6.45, 7) is 1.17. The van der Waals surface area contributed by atoms with Crippen LogP contribution in [0.3, 0.4) is 0 Å². The summed E-state index contributed by atoms with van der Waals surface area (Å²) in [4.78, 5) is 5.54. The van der Waals surface area contributed by atoms with Gasteiger partial charge in [-0.05, 0) is 37.5 Å². The largest absolute Gasteiger partial charge is 0.486 e. The van der Waals surface area contributed by atoms with Crippen molar-refractivity contribution in [1.82, 2.24) is 25.0 Å². The van der Waals surface area contributed by atoms with Gasteiger partial charge in [-0.1, -0.05) is 0 Å². The van der Waals surface area contributed by atoms with Crippen LogP contribution in [0.15, 0.2) is 36.7 Å². The van der Waals surface area contributed by atoms with E-state index in [1.165, 1.54) is 0 Å². The third-order valence-electron chi connectivity index (χ3n) is 4.76. The van der Waals surface area contributed by atoms with Gasteiger partial charge in [-0.15, -0.1) is 11.3 Å². The zero-order valence-corrected chi connectivity index (χ0v) is 16.0. The number of rotatable bonds is 5. The second-order valence-corrected chi connectivity index (χ2v) is 7.78. The molecule has 0 amide bonds. The van der Waals surface area contributed by atoms with Crippen LogP contribution in [-0.4, -0.2) is 31.6 Å². The summed E-state index contributed by atoms with van der Waals surface area (Å²) in [5.74, 6) is 1.15. The Kier molecular flexibility index (Phi) is 4.46. The monoisotopic (exact) mass is 396 g/mol. The van der Waals surface area contributed by atoms with Gasteiger partial charge in [-0.2, -0.15) is 10.2 Å². The quantitative estimate of drug-likeness (QED) is 0.532. The van der Waals surface area contributed by atoms with Gasteiger partial charge in [-0.3, -0.25) is 5.10 Å². The average Bonchev–Trinajstić information content (AvgIpc) is 3.46. The molecule has 1 atom stereocenters. The molecule has 0 aromatic carbocycles. The van der Waals surface area contributed by atoms with Gasteiger partial charge in [0, 0.05) is 25.1 Å². The number of pyridine rings is 1. The lowest BCUT2D eigenvalue weighted by molar-refractivity contribution is -0.0383. The van der Waals surface area contributed by atoms with Gasteiger partial charge >= 0.3 is 0 Å². The Morgan fingerprint density at radius 3 is 3.07 bits per heavy atom. The number of fused-ring (bicyclic) bond motifs is 1. The van der Waals surface area contributed by atoms with E-state index in [0.29, 0.717) is 18.2 Å². The van der Waals surface area contributed by atoms with E-state index in [2.05, 4.69) is 20.3 Å². The van der Waals surface area contributed by atoms with Crippen LogP contribution in [0.2, 0.25) is 0 Å². The van der Waals surface area contributed by atoms with Crippen LogP contribution in [0, 0.1) is 0 Å². The fraction of sp³-hybridized carbons (Fsp3) is 0.316. The van der Waals surface area contributed by atoms with Crippen molar-refractivity contribution in [2.24, 2.45) is 0 Å². The second kappa shape index (κ2) is 7.25. The van der Waals surface area contributed by atoms with Crippen LogP contribution in [0.25, 0.3) is 20.8 Å². The highest BCUT2D eigenvalue weighted by atomic mass is 32.1. The molecular weight excluding hydrogens is 376 g/mol. The fourth-order valence-electron chi connectivity index (χ4n) is 3.42. The molecule has 8 nitrogen and oxygen atoms in total. The molecule has 1 saturated heterocycles. The van der Waals surface area contributed by atoms with Gasteiger partial charge in [0.1, 0.15) is 18.2 Å². The van der Waals surface area contributed by atoms with Gasteiger partial charge in [0.2, 0.25) is 0 Å². The van der Waals surface area contributed by atoms with Gasteiger partial charge in [-0.25, -0.2) is 9.67 Å². The van der Waals surface area contributed by atoms with Crippen LogP contribution >= 0.6 is 11.3 Å². The zero-order valence-electron chi connectivity index (χ0n) is 15.2. The molecule has 0 bridgehead atoms. The van der Waals surface area contributed by atoms with Crippen LogP contribution < -0.4 is 10.5 Å². The topological polar surface area (TPSA) is 104 Å². The molecule has 3 N–H and O–H groups in total. The van der Waals surface area contributed by atoms with Crippen molar-refractivity contribution in [3.63, 3.8) is 0 Å². The number of anilines is 1. The number of nitrogens with one attached hydrogen (secondary N) is 1. The smallest absolute Gasteiger partial charge is 0.150 e. The molecule has 1 aliphatic rings. The number of hydrogen-bond acceptors (Lipinski definition) is 7. The Hall–Kier alpha value is -2.91. The number of thiophene rings is 1. The van der Waals surface area contributed by atoms with Crippen LogP contribution in [0.4, 0.5) is 5.82 Å². The average molecular weight is 396 g/mol. The van der Waals surface area contributed by atoms with Crippen LogP contribution in [-0.2, 0) is 11.3 Å². The van der Waals surface area contributed by atoms with Crippen molar-refractivity contribution in [3.8, 4) is 16.3 Å². The summed E-state index contributed by atoms with van der Waals surface area (Å²) in [5, 5.41) is 11.4. The number of H-pyrrole nitrogens is 1. The summed E-state index contributed by atoms with van der Waals surface area (Å²) in [6, 6.07) is 7.69. The van der Waals surface area contributed by atoms with E-state index in [0.717, 1.165) is 52.4 Å². The third kappa shape index (κ3) is 3.23.